The number of nitrogens with zero attached hydrogens (tertiary/aromatic N) is 2. The molecule has 0 unspecified atom stereocenters. The zero-order valence-electron chi connectivity index (χ0n) is 11.6. The molecule has 1 heterocycles. The van der Waals surface area contributed by atoms with Crippen LogP contribution in [0.2, 0.25) is 0 Å². The molecule has 1 N–H and O–H groups in total. The number of ether oxygens (including phenoxy) is 2. The second-order valence-corrected chi connectivity index (χ2v) is 4.20. The summed E-state index contributed by atoms with van der Waals surface area (Å²) in [5.74, 6) is 0.303. The number of benzene rings is 1. The van der Waals surface area contributed by atoms with E-state index in [1.165, 1.54) is 4.68 Å². The lowest BCUT2D eigenvalue weighted by molar-refractivity contribution is 0.0693. The van der Waals surface area contributed by atoms with Crippen molar-refractivity contribution in [3.05, 3.63) is 35.5 Å². The van der Waals surface area contributed by atoms with Crippen LogP contribution in [-0.4, -0.2) is 27.5 Å². The molecule has 0 atom stereocenters. The van der Waals surface area contributed by atoms with Crippen LogP contribution < -0.4 is 9.47 Å². The van der Waals surface area contributed by atoms with Gasteiger partial charge in [-0.3, -0.25) is 0 Å². The highest BCUT2D eigenvalue weighted by Crippen LogP contribution is 2.29. The Morgan fingerprint density at radius 1 is 1.40 bits per heavy atom. The predicted molar refractivity (Wildman–Crippen MR) is 72.6 cm³/mol. The van der Waals surface area contributed by atoms with Crippen LogP contribution in [0.5, 0.6) is 17.4 Å². The first-order valence-corrected chi connectivity index (χ1v) is 6.20. The molecule has 0 aliphatic rings. The summed E-state index contributed by atoms with van der Waals surface area (Å²) in [6.07, 6.45) is 0. The van der Waals surface area contributed by atoms with E-state index >= 15 is 0 Å². The Bertz CT molecular complexity index is 634. The molecule has 0 saturated heterocycles. The summed E-state index contributed by atoms with van der Waals surface area (Å²) >= 11 is 0. The van der Waals surface area contributed by atoms with Crippen molar-refractivity contribution in [3.63, 3.8) is 0 Å². The third-order valence-corrected chi connectivity index (χ3v) is 2.71. The summed E-state index contributed by atoms with van der Waals surface area (Å²) in [5.41, 5.74) is 0.477. The molecule has 106 valence electrons. The highest BCUT2D eigenvalue weighted by Gasteiger charge is 2.21. The van der Waals surface area contributed by atoms with E-state index in [4.69, 9.17) is 9.47 Å². The SMILES string of the molecule is CCOc1cccc(Oc2c(C(=O)O)c(C)nn2C)c1. The van der Waals surface area contributed by atoms with Crippen molar-refractivity contribution in [2.75, 3.05) is 6.61 Å². The lowest BCUT2D eigenvalue weighted by atomic mass is 10.2. The maximum Gasteiger partial charge on any atom is 0.343 e. The van der Waals surface area contributed by atoms with Crippen molar-refractivity contribution in [3.8, 4) is 17.4 Å². The van der Waals surface area contributed by atoms with Crippen molar-refractivity contribution >= 4 is 5.97 Å². The third-order valence-electron chi connectivity index (χ3n) is 2.71. The first-order chi connectivity index (χ1) is 9.52. The van der Waals surface area contributed by atoms with E-state index in [0.29, 0.717) is 23.8 Å². The van der Waals surface area contributed by atoms with Crippen LogP contribution in [0.25, 0.3) is 0 Å². The average Bonchev–Trinajstić information content (AvgIpc) is 2.65. The van der Waals surface area contributed by atoms with Crippen molar-refractivity contribution in [2.45, 2.75) is 13.8 Å². The molecular weight excluding hydrogens is 260 g/mol. The molecule has 1 aromatic heterocycles. The molecule has 0 radical (unpaired) electrons. The van der Waals surface area contributed by atoms with E-state index in [2.05, 4.69) is 5.10 Å². The zero-order valence-corrected chi connectivity index (χ0v) is 11.6. The van der Waals surface area contributed by atoms with Gasteiger partial charge < -0.3 is 14.6 Å². The van der Waals surface area contributed by atoms with E-state index in [1.807, 2.05) is 13.0 Å². The first-order valence-electron chi connectivity index (χ1n) is 6.20. The third kappa shape index (κ3) is 2.74. The van der Waals surface area contributed by atoms with Gasteiger partial charge in [0, 0.05) is 13.1 Å². The van der Waals surface area contributed by atoms with Gasteiger partial charge >= 0.3 is 5.97 Å². The molecule has 0 amide bonds. The molecule has 0 fully saturated rings. The molecular formula is C14H16N2O4. The molecule has 1 aromatic carbocycles. The number of rotatable bonds is 5. The Kier molecular flexibility index (Phi) is 3.93. The van der Waals surface area contributed by atoms with Gasteiger partial charge in [0.25, 0.3) is 0 Å². The minimum atomic E-state index is -1.06. The van der Waals surface area contributed by atoms with Crippen LogP contribution in [0.1, 0.15) is 23.0 Å². The number of carboxylic acids is 1. The Labute approximate surface area is 116 Å². The highest BCUT2D eigenvalue weighted by atomic mass is 16.5. The molecule has 2 aromatic rings. The molecule has 0 aliphatic heterocycles. The topological polar surface area (TPSA) is 73.6 Å². The quantitative estimate of drug-likeness (QED) is 0.908. The lowest BCUT2D eigenvalue weighted by Crippen LogP contribution is -2.02. The lowest BCUT2D eigenvalue weighted by Gasteiger charge is -2.09. The van der Waals surface area contributed by atoms with Gasteiger partial charge in [0.05, 0.1) is 12.3 Å². The minimum Gasteiger partial charge on any atom is -0.494 e. The summed E-state index contributed by atoms with van der Waals surface area (Å²) in [7, 11) is 1.64. The summed E-state index contributed by atoms with van der Waals surface area (Å²) in [5, 5.41) is 13.3. The number of carboxylic acid groups (broad SMARTS) is 1. The molecule has 0 saturated carbocycles. The summed E-state index contributed by atoms with van der Waals surface area (Å²) in [6.45, 7) is 4.07. The molecule has 6 nitrogen and oxygen atoms in total. The maximum absolute atomic E-state index is 11.3. The number of hydrogen-bond acceptors (Lipinski definition) is 4. The molecule has 0 spiro atoms. The van der Waals surface area contributed by atoms with Crippen LogP contribution in [0.3, 0.4) is 0 Å². The molecule has 0 bridgehead atoms. The molecule has 2 rings (SSSR count). The molecule has 0 aliphatic carbocycles. The standard InChI is InChI=1S/C14H16N2O4/c1-4-19-10-6-5-7-11(8-10)20-13-12(14(17)18)9(2)15-16(13)3/h5-8H,4H2,1-3H3,(H,17,18). The largest absolute Gasteiger partial charge is 0.494 e. The number of hydrogen-bond donors (Lipinski definition) is 1. The first kappa shape index (κ1) is 13.9. The van der Waals surface area contributed by atoms with Gasteiger partial charge in [-0.1, -0.05) is 6.07 Å². The normalized spacial score (nSPS) is 10.3. The molecule has 20 heavy (non-hydrogen) atoms. The van der Waals surface area contributed by atoms with Gasteiger partial charge in [0.2, 0.25) is 5.88 Å². The smallest absolute Gasteiger partial charge is 0.343 e. The minimum absolute atomic E-state index is 0.0642. The van der Waals surface area contributed by atoms with Crippen molar-refractivity contribution in [1.29, 1.82) is 0 Å². The summed E-state index contributed by atoms with van der Waals surface area (Å²) < 4.78 is 12.4. The fraction of sp³-hybridized carbons (Fsp3) is 0.286. The summed E-state index contributed by atoms with van der Waals surface area (Å²) in [4.78, 5) is 11.3. The Hall–Kier alpha value is -2.50. The fourth-order valence-electron chi connectivity index (χ4n) is 1.91. The number of carbonyl (C=O) groups is 1. The van der Waals surface area contributed by atoms with Crippen LogP contribution in [0.15, 0.2) is 24.3 Å². The second-order valence-electron chi connectivity index (χ2n) is 4.20. The van der Waals surface area contributed by atoms with Gasteiger partial charge in [-0.2, -0.15) is 5.10 Å². The van der Waals surface area contributed by atoms with Gasteiger partial charge in [-0.15, -0.1) is 0 Å². The second kappa shape index (κ2) is 5.64. The van der Waals surface area contributed by atoms with Crippen LogP contribution in [-0.2, 0) is 7.05 Å². The van der Waals surface area contributed by atoms with Gasteiger partial charge in [0.15, 0.2) is 0 Å². The van der Waals surface area contributed by atoms with E-state index in [0.717, 1.165) is 0 Å². The van der Waals surface area contributed by atoms with Crippen LogP contribution in [0.4, 0.5) is 0 Å². The van der Waals surface area contributed by atoms with Crippen molar-refractivity contribution < 1.29 is 19.4 Å². The van der Waals surface area contributed by atoms with Gasteiger partial charge in [0.1, 0.15) is 17.1 Å². The Morgan fingerprint density at radius 2 is 2.10 bits per heavy atom. The number of aryl methyl sites for hydroxylation is 2. The molecule has 6 heteroatoms. The highest BCUT2D eigenvalue weighted by molar-refractivity contribution is 5.91. The van der Waals surface area contributed by atoms with E-state index in [-0.39, 0.29) is 11.4 Å². The van der Waals surface area contributed by atoms with E-state index in [1.54, 1.807) is 32.2 Å². The van der Waals surface area contributed by atoms with Crippen molar-refractivity contribution in [2.24, 2.45) is 7.05 Å². The number of aromatic carboxylic acids is 1. The van der Waals surface area contributed by atoms with Gasteiger partial charge in [-0.05, 0) is 26.0 Å². The predicted octanol–water partition coefficient (Wildman–Crippen LogP) is 2.62. The van der Waals surface area contributed by atoms with Crippen LogP contribution in [0, 0.1) is 6.92 Å². The zero-order chi connectivity index (χ0) is 14.7. The maximum atomic E-state index is 11.3. The van der Waals surface area contributed by atoms with E-state index in [9.17, 15) is 9.90 Å². The van der Waals surface area contributed by atoms with Crippen LogP contribution >= 0.6 is 0 Å². The van der Waals surface area contributed by atoms with E-state index < -0.39 is 5.97 Å². The Morgan fingerprint density at radius 3 is 2.75 bits per heavy atom. The summed E-state index contributed by atoms with van der Waals surface area (Å²) in [6, 6.07) is 7.03. The van der Waals surface area contributed by atoms with Gasteiger partial charge in [-0.25, -0.2) is 9.48 Å². The number of aromatic nitrogens is 2. The fourth-order valence-corrected chi connectivity index (χ4v) is 1.91. The Balaban J connectivity index is 2.35. The average molecular weight is 276 g/mol. The monoisotopic (exact) mass is 276 g/mol. The van der Waals surface area contributed by atoms with Crippen molar-refractivity contribution in [1.82, 2.24) is 9.78 Å².